The van der Waals surface area contributed by atoms with Crippen LogP contribution in [0.25, 0.3) is 0 Å². The molecule has 7 heteroatoms. The summed E-state index contributed by atoms with van der Waals surface area (Å²) in [6.45, 7) is 6.38. The highest BCUT2D eigenvalue weighted by molar-refractivity contribution is 5.93. The molecule has 0 saturated carbocycles. The topological polar surface area (TPSA) is 80.5 Å². The highest BCUT2D eigenvalue weighted by Crippen LogP contribution is 2.55. The number of carbonyl (C=O) groups is 1. The largest absolute Gasteiger partial charge is 0.472 e. The normalized spacial score (nSPS) is 31.3. The van der Waals surface area contributed by atoms with E-state index >= 15 is 0 Å². The summed E-state index contributed by atoms with van der Waals surface area (Å²) in [6, 6.07) is 1.69. The molecule has 1 N–H and O–H groups in total. The van der Waals surface area contributed by atoms with Gasteiger partial charge in [-0.3, -0.25) is 9.78 Å². The third-order valence-corrected chi connectivity index (χ3v) is 6.42. The van der Waals surface area contributed by atoms with Crippen molar-refractivity contribution >= 4 is 11.7 Å². The van der Waals surface area contributed by atoms with Crippen LogP contribution < -0.4 is 10.2 Å². The number of ether oxygens (including phenoxy) is 1. The molecule has 1 spiro atoms. The van der Waals surface area contributed by atoms with E-state index in [-0.39, 0.29) is 17.6 Å². The Bertz CT molecular complexity index is 868. The van der Waals surface area contributed by atoms with E-state index in [9.17, 15) is 4.79 Å². The van der Waals surface area contributed by atoms with Crippen LogP contribution in [0.5, 0.6) is 0 Å². The number of amides is 1. The van der Waals surface area contributed by atoms with Gasteiger partial charge in [0.25, 0.3) is 5.91 Å². The molecule has 3 fully saturated rings. The minimum atomic E-state index is -0.104. The molecule has 27 heavy (non-hydrogen) atoms. The summed E-state index contributed by atoms with van der Waals surface area (Å²) >= 11 is 0. The van der Waals surface area contributed by atoms with Crippen molar-refractivity contribution in [3.8, 4) is 0 Å². The van der Waals surface area contributed by atoms with Crippen LogP contribution in [0, 0.1) is 25.7 Å². The van der Waals surface area contributed by atoms with E-state index in [0.29, 0.717) is 23.9 Å². The summed E-state index contributed by atoms with van der Waals surface area (Å²) in [7, 11) is 0. The Kier molecular flexibility index (Phi) is 3.75. The molecule has 0 unspecified atom stereocenters. The Morgan fingerprint density at radius 2 is 2.33 bits per heavy atom. The lowest BCUT2D eigenvalue weighted by atomic mass is 9.73. The average molecular weight is 368 g/mol. The van der Waals surface area contributed by atoms with Crippen molar-refractivity contribution < 1.29 is 13.9 Å². The number of hydrogen-bond donors (Lipinski definition) is 1. The Morgan fingerprint density at radius 1 is 1.44 bits per heavy atom. The van der Waals surface area contributed by atoms with Crippen LogP contribution in [0.2, 0.25) is 0 Å². The van der Waals surface area contributed by atoms with E-state index in [0.717, 1.165) is 43.1 Å². The van der Waals surface area contributed by atoms with Gasteiger partial charge in [-0.25, -0.2) is 4.98 Å². The maximum Gasteiger partial charge on any atom is 0.254 e. The van der Waals surface area contributed by atoms with Crippen LogP contribution in [0.3, 0.4) is 0 Å². The van der Waals surface area contributed by atoms with Crippen molar-refractivity contribution in [1.29, 1.82) is 0 Å². The van der Waals surface area contributed by atoms with E-state index in [4.69, 9.17) is 14.1 Å². The predicted octanol–water partition coefficient (Wildman–Crippen LogP) is 2.10. The second-order valence-electron chi connectivity index (χ2n) is 8.05. The van der Waals surface area contributed by atoms with Crippen LogP contribution in [-0.4, -0.2) is 47.2 Å². The van der Waals surface area contributed by atoms with Crippen molar-refractivity contribution in [3.05, 3.63) is 41.7 Å². The van der Waals surface area contributed by atoms with Crippen LogP contribution in [-0.2, 0) is 4.74 Å². The molecule has 5 rings (SSSR count). The van der Waals surface area contributed by atoms with Crippen molar-refractivity contribution in [2.75, 3.05) is 24.5 Å². The van der Waals surface area contributed by atoms with E-state index in [1.807, 2.05) is 20.0 Å². The fourth-order valence-electron chi connectivity index (χ4n) is 5.16. The van der Waals surface area contributed by atoms with Gasteiger partial charge in [0, 0.05) is 37.7 Å². The van der Waals surface area contributed by atoms with Gasteiger partial charge in [0.2, 0.25) is 0 Å². The second-order valence-corrected chi connectivity index (χ2v) is 8.05. The van der Waals surface area contributed by atoms with Crippen molar-refractivity contribution in [3.63, 3.8) is 0 Å². The third kappa shape index (κ3) is 2.64. The summed E-state index contributed by atoms with van der Waals surface area (Å²) in [6.07, 6.45) is 7.20. The average Bonchev–Trinajstić information content (AvgIpc) is 3.42. The SMILES string of the molecule is Cc1cnc(C)c(N2C[C@@H]3[C@H](CNC(=O)c4ccoc4)[C@H]4CC[C@]3(C2)O4)n1. The number of hydrogen-bond acceptors (Lipinski definition) is 6. The Morgan fingerprint density at radius 3 is 3.15 bits per heavy atom. The lowest BCUT2D eigenvalue weighted by Crippen LogP contribution is -2.41. The number of aromatic nitrogens is 2. The van der Waals surface area contributed by atoms with Crippen molar-refractivity contribution in [1.82, 2.24) is 15.3 Å². The second kappa shape index (κ2) is 6.05. The van der Waals surface area contributed by atoms with Crippen LogP contribution in [0.4, 0.5) is 5.82 Å². The maximum absolute atomic E-state index is 12.3. The number of furan rings is 1. The van der Waals surface area contributed by atoms with Crippen LogP contribution >= 0.6 is 0 Å². The summed E-state index contributed by atoms with van der Waals surface area (Å²) < 4.78 is 11.5. The molecular formula is C20H24N4O3. The highest BCUT2D eigenvalue weighted by atomic mass is 16.5. The first kappa shape index (κ1) is 16.7. The lowest BCUT2D eigenvalue weighted by molar-refractivity contribution is 0.0141. The lowest BCUT2D eigenvalue weighted by Gasteiger charge is -2.29. The summed E-state index contributed by atoms with van der Waals surface area (Å²) in [5.74, 6) is 1.61. The molecule has 2 aromatic heterocycles. The number of aryl methyl sites for hydroxylation is 2. The fourth-order valence-corrected chi connectivity index (χ4v) is 5.16. The number of fused-ring (bicyclic) bond motifs is 1. The van der Waals surface area contributed by atoms with E-state index in [1.165, 1.54) is 12.5 Å². The summed E-state index contributed by atoms with van der Waals surface area (Å²) in [4.78, 5) is 23.8. The van der Waals surface area contributed by atoms with Crippen LogP contribution in [0.15, 0.2) is 29.2 Å². The molecule has 1 amide bonds. The molecule has 142 valence electrons. The zero-order chi connectivity index (χ0) is 18.6. The number of rotatable bonds is 4. The van der Waals surface area contributed by atoms with Gasteiger partial charge in [0.15, 0.2) is 0 Å². The van der Waals surface area contributed by atoms with E-state index in [2.05, 4.69) is 15.2 Å². The number of nitrogens with one attached hydrogen (secondary N) is 1. The fraction of sp³-hybridized carbons (Fsp3) is 0.550. The molecule has 7 nitrogen and oxygen atoms in total. The molecule has 0 radical (unpaired) electrons. The number of carbonyl (C=O) groups excluding carboxylic acids is 1. The first-order valence-corrected chi connectivity index (χ1v) is 9.59. The van der Waals surface area contributed by atoms with Gasteiger partial charge in [-0.15, -0.1) is 0 Å². The third-order valence-electron chi connectivity index (χ3n) is 6.42. The quantitative estimate of drug-likeness (QED) is 0.890. The first-order chi connectivity index (χ1) is 13.1. The number of nitrogens with zero attached hydrogens (tertiary/aromatic N) is 3. The molecule has 3 aliphatic rings. The maximum atomic E-state index is 12.3. The Balaban J connectivity index is 1.33. The number of anilines is 1. The minimum absolute atomic E-state index is 0.0872. The summed E-state index contributed by atoms with van der Waals surface area (Å²) in [5, 5.41) is 3.07. The minimum Gasteiger partial charge on any atom is -0.472 e. The van der Waals surface area contributed by atoms with E-state index < -0.39 is 0 Å². The molecule has 3 saturated heterocycles. The smallest absolute Gasteiger partial charge is 0.254 e. The Labute approximate surface area is 158 Å². The van der Waals surface area contributed by atoms with Gasteiger partial charge in [0.1, 0.15) is 12.1 Å². The van der Waals surface area contributed by atoms with E-state index in [1.54, 1.807) is 6.07 Å². The monoisotopic (exact) mass is 368 g/mol. The summed E-state index contributed by atoms with van der Waals surface area (Å²) in [5.41, 5.74) is 2.34. The molecule has 2 bridgehead atoms. The molecule has 2 aromatic rings. The van der Waals surface area contributed by atoms with Gasteiger partial charge in [-0.05, 0) is 32.8 Å². The van der Waals surface area contributed by atoms with Gasteiger partial charge < -0.3 is 19.4 Å². The molecule has 3 aliphatic heterocycles. The van der Waals surface area contributed by atoms with Gasteiger partial charge in [-0.2, -0.15) is 0 Å². The molecule has 5 heterocycles. The van der Waals surface area contributed by atoms with Crippen LogP contribution in [0.1, 0.15) is 34.6 Å². The standard InChI is InChI=1S/C20H24N4O3/c1-12-7-21-13(2)18(23-12)24-9-16-15(17-3-5-20(16,11-24)27-17)8-22-19(25)14-4-6-26-10-14/h4,6-7,10,15-17H,3,5,8-9,11H2,1-2H3,(H,22,25)/t15-,16+,17+,20+/m0/s1. The van der Waals surface area contributed by atoms with Crippen molar-refractivity contribution in [2.45, 2.75) is 38.4 Å². The predicted molar refractivity (Wildman–Crippen MR) is 98.6 cm³/mol. The van der Waals surface area contributed by atoms with Gasteiger partial charge in [0.05, 0.1) is 34.9 Å². The zero-order valence-electron chi connectivity index (χ0n) is 15.6. The first-order valence-electron chi connectivity index (χ1n) is 9.59. The Hall–Kier alpha value is -2.41. The highest BCUT2D eigenvalue weighted by Gasteiger charge is 2.63. The molecule has 0 aromatic carbocycles. The molecule has 0 aliphatic carbocycles. The zero-order valence-corrected chi connectivity index (χ0v) is 15.6. The molecular weight excluding hydrogens is 344 g/mol. The van der Waals surface area contributed by atoms with Gasteiger partial charge in [-0.1, -0.05) is 0 Å². The van der Waals surface area contributed by atoms with Gasteiger partial charge >= 0.3 is 0 Å². The molecule has 4 atom stereocenters. The van der Waals surface area contributed by atoms with Crippen molar-refractivity contribution in [2.24, 2.45) is 11.8 Å².